The summed E-state index contributed by atoms with van der Waals surface area (Å²) in [6, 6.07) is 27.5. The smallest absolute Gasteiger partial charge is 0.292 e. The SMILES string of the molecule is O=C(C#Cc1ccccc1)NC(=Nc1ccccc1)NC(=O)/C=C/c1ccccc1. The molecule has 0 aliphatic carbocycles. The van der Waals surface area contributed by atoms with Gasteiger partial charge in [0.2, 0.25) is 5.96 Å². The van der Waals surface area contributed by atoms with Gasteiger partial charge in [-0.2, -0.15) is 0 Å². The van der Waals surface area contributed by atoms with Gasteiger partial charge in [0.1, 0.15) is 0 Å². The lowest BCUT2D eigenvalue weighted by Crippen LogP contribution is -2.42. The van der Waals surface area contributed by atoms with Crippen LogP contribution >= 0.6 is 0 Å². The molecule has 2 N–H and O–H groups in total. The molecule has 30 heavy (non-hydrogen) atoms. The molecule has 146 valence electrons. The summed E-state index contributed by atoms with van der Waals surface area (Å²) in [5, 5.41) is 5.13. The lowest BCUT2D eigenvalue weighted by atomic mass is 10.2. The van der Waals surface area contributed by atoms with Crippen molar-refractivity contribution < 1.29 is 9.59 Å². The number of nitrogens with zero attached hydrogens (tertiary/aromatic N) is 1. The van der Waals surface area contributed by atoms with Crippen LogP contribution in [0.3, 0.4) is 0 Å². The highest BCUT2D eigenvalue weighted by Gasteiger charge is 2.07. The van der Waals surface area contributed by atoms with Gasteiger partial charge in [0.05, 0.1) is 5.69 Å². The van der Waals surface area contributed by atoms with E-state index in [0.29, 0.717) is 11.3 Å². The maximum atomic E-state index is 12.3. The van der Waals surface area contributed by atoms with Crippen LogP contribution in [0.25, 0.3) is 6.08 Å². The number of benzene rings is 3. The van der Waals surface area contributed by atoms with Crippen molar-refractivity contribution in [2.75, 3.05) is 0 Å². The molecule has 3 aromatic rings. The molecule has 3 rings (SSSR count). The molecule has 5 heteroatoms. The molecule has 3 aromatic carbocycles. The van der Waals surface area contributed by atoms with E-state index in [1.165, 1.54) is 6.08 Å². The molecule has 0 unspecified atom stereocenters. The van der Waals surface area contributed by atoms with Gasteiger partial charge in [0.15, 0.2) is 0 Å². The zero-order chi connectivity index (χ0) is 21.0. The number of hydrogen-bond donors (Lipinski definition) is 2. The number of guanidine groups is 1. The number of amides is 2. The summed E-state index contributed by atoms with van der Waals surface area (Å²) in [7, 11) is 0. The summed E-state index contributed by atoms with van der Waals surface area (Å²) in [4.78, 5) is 28.9. The Morgan fingerprint density at radius 1 is 0.767 bits per heavy atom. The van der Waals surface area contributed by atoms with Gasteiger partial charge in [0.25, 0.3) is 5.91 Å². The van der Waals surface area contributed by atoms with E-state index in [4.69, 9.17) is 0 Å². The highest BCUT2D eigenvalue weighted by atomic mass is 16.2. The normalized spacial score (nSPS) is 10.7. The number of hydrogen-bond acceptors (Lipinski definition) is 3. The molecule has 0 heterocycles. The average Bonchev–Trinajstić information content (AvgIpc) is 2.78. The molecule has 0 saturated carbocycles. The van der Waals surface area contributed by atoms with Crippen molar-refractivity contribution in [3.63, 3.8) is 0 Å². The first kappa shape index (κ1) is 20.3. The van der Waals surface area contributed by atoms with E-state index in [9.17, 15) is 9.59 Å². The van der Waals surface area contributed by atoms with Crippen LogP contribution in [-0.2, 0) is 9.59 Å². The zero-order valence-corrected chi connectivity index (χ0v) is 16.1. The molecule has 0 spiro atoms. The zero-order valence-electron chi connectivity index (χ0n) is 16.1. The van der Waals surface area contributed by atoms with E-state index < -0.39 is 11.8 Å². The van der Waals surface area contributed by atoms with E-state index in [1.807, 2.05) is 66.7 Å². The quantitative estimate of drug-likeness (QED) is 0.308. The van der Waals surface area contributed by atoms with Crippen molar-refractivity contribution in [3.8, 4) is 11.8 Å². The Labute approximate surface area is 175 Å². The van der Waals surface area contributed by atoms with Crippen LogP contribution in [0.15, 0.2) is 102 Å². The summed E-state index contributed by atoms with van der Waals surface area (Å²) in [5.74, 6) is 4.25. The van der Waals surface area contributed by atoms with E-state index in [1.54, 1.807) is 30.3 Å². The predicted molar refractivity (Wildman–Crippen MR) is 119 cm³/mol. The molecule has 0 radical (unpaired) electrons. The summed E-state index contributed by atoms with van der Waals surface area (Å²) in [6.45, 7) is 0. The average molecular weight is 393 g/mol. The molecule has 0 aliphatic heterocycles. The van der Waals surface area contributed by atoms with Crippen molar-refractivity contribution in [3.05, 3.63) is 108 Å². The standard InChI is InChI=1S/C25H19N3O2/c29-23(18-16-20-10-4-1-5-11-20)27-25(26-22-14-8-3-9-15-22)28-24(30)19-17-21-12-6-2-7-13-21/h1-16,18H,(H2,26,27,28,29,30)/b18-16+. The highest BCUT2D eigenvalue weighted by Crippen LogP contribution is 2.09. The molecule has 0 aliphatic rings. The number of para-hydroxylation sites is 1. The summed E-state index contributed by atoms with van der Waals surface area (Å²) in [6.07, 6.45) is 3.05. The maximum absolute atomic E-state index is 12.3. The van der Waals surface area contributed by atoms with Crippen molar-refractivity contribution in [2.24, 2.45) is 4.99 Å². The summed E-state index contributed by atoms with van der Waals surface area (Å²) < 4.78 is 0. The fourth-order valence-corrected chi connectivity index (χ4v) is 2.40. The Balaban J connectivity index is 1.73. The maximum Gasteiger partial charge on any atom is 0.302 e. The fourth-order valence-electron chi connectivity index (χ4n) is 2.40. The minimum Gasteiger partial charge on any atom is -0.292 e. The van der Waals surface area contributed by atoms with E-state index >= 15 is 0 Å². The summed E-state index contributed by atoms with van der Waals surface area (Å²) in [5.41, 5.74) is 2.17. The van der Waals surface area contributed by atoms with Crippen LogP contribution < -0.4 is 10.6 Å². The van der Waals surface area contributed by atoms with Crippen LogP contribution in [0.4, 0.5) is 5.69 Å². The Morgan fingerprint density at radius 3 is 2.03 bits per heavy atom. The lowest BCUT2D eigenvalue weighted by molar-refractivity contribution is -0.115. The number of carbonyl (C=O) groups excluding carboxylic acids is 2. The number of aliphatic imine (C=N–C) groups is 1. The second kappa shape index (κ2) is 10.8. The lowest BCUT2D eigenvalue weighted by Gasteiger charge is -2.07. The van der Waals surface area contributed by atoms with E-state index in [2.05, 4.69) is 27.5 Å². The first-order valence-corrected chi connectivity index (χ1v) is 9.25. The fraction of sp³-hybridized carbons (Fsp3) is 0. The van der Waals surface area contributed by atoms with Crippen LogP contribution in [-0.4, -0.2) is 17.8 Å². The van der Waals surface area contributed by atoms with Crippen molar-refractivity contribution >= 4 is 29.5 Å². The van der Waals surface area contributed by atoms with Gasteiger partial charge in [-0.15, -0.1) is 0 Å². The Kier molecular flexibility index (Phi) is 7.30. The molecule has 0 atom stereocenters. The molecule has 0 bridgehead atoms. The molecule has 0 saturated heterocycles. The van der Waals surface area contributed by atoms with Gasteiger partial charge in [0, 0.05) is 17.6 Å². The minimum absolute atomic E-state index is 0.00345. The number of carbonyl (C=O) groups is 2. The van der Waals surface area contributed by atoms with Crippen LogP contribution in [0.1, 0.15) is 11.1 Å². The summed E-state index contributed by atoms with van der Waals surface area (Å²) >= 11 is 0. The first-order valence-electron chi connectivity index (χ1n) is 9.25. The number of nitrogens with one attached hydrogen (secondary N) is 2. The third-order valence-electron chi connectivity index (χ3n) is 3.79. The van der Waals surface area contributed by atoms with Crippen LogP contribution in [0, 0.1) is 11.8 Å². The van der Waals surface area contributed by atoms with Gasteiger partial charge >= 0.3 is 5.91 Å². The molecule has 2 amide bonds. The van der Waals surface area contributed by atoms with Gasteiger partial charge in [-0.05, 0) is 35.9 Å². The van der Waals surface area contributed by atoms with E-state index in [-0.39, 0.29) is 5.96 Å². The molecule has 0 aromatic heterocycles. The second-order valence-corrected chi connectivity index (χ2v) is 6.10. The van der Waals surface area contributed by atoms with Gasteiger partial charge in [-0.1, -0.05) is 72.7 Å². The van der Waals surface area contributed by atoms with Crippen LogP contribution in [0.2, 0.25) is 0 Å². The second-order valence-electron chi connectivity index (χ2n) is 6.10. The molecular weight excluding hydrogens is 374 g/mol. The van der Waals surface area contributed by atoms with Crippen molar-refractivity contribution in [2.45, 2.75) is 0 Å². The van der Waals surface area contributed by atoms with Gasteiger partial charge in [-0.3, -0.25) is 20.2 Å². The van der Waals surface area contributed by atoms with E-state index in [0.717, 1.165) is 5.56 Å². The predicted octanol–water partition coefficient (Wildman–Crippen LogP) is 3.67. The monoisotopic (exact) mass is 393 g/mol. The van der Waals surface area contributed by atoms with Crippen molar-refractivity contribution in [1.82, 2.24) is 10.6 Å². The third-order valence-corrected chi connectivity index (χ3v) is 3.79. The minimum atomic E-state index is -0.583. The van der Waals surface area contributed by atoms with Gasteiger partial charge < -0.3 is 0 Å². The number of rotatable bonds is 3. The Hall–Kier alpha value is -4.43. The molecule has 0 fully saturated rings. The Morgan fingerprint density at radius 2 is 1.37 bits per heavy atom. The largest absolute Gasteiger partial charge is 0.302 e. The first-order chi connectivity index (χ1) is 14.7. The molecular formula is C25H19N3O2. The molecule has 5 nitrogen and oxygen atoms in total. The Bertz CT molecular complexity index is 1110. The topological polar surface area (TPSA) is 70.6 Å². The highest BCUT2D eigenvalue weighted by molar-refractivity contribution is 6.12. The van der Waals surface area contributed by atoms with Crippen LogP contribution in [0.5, 0.6) is 0 Å². The third kappa shape index (κ3) is 6.95. The van der Waals surface area contributed by atoms with Gasteiger partial charge in [-0.25, -0.2) is 4.99 Å². The van der Waals surface area contributed by atoms with Crippen molar-refractivity contribution in [1.29, 1.82) is 0 Å².